The number of hydrogen-bond acceptors (Lipinski definition) is 5. The number of rotatable bonds is 8. The molecule has 0 N–H and O–H groups in total. The molecule has 0 saturated carbocycles. The second kappa shape index (κ2) is 9.42. The maximum atomic E-state index is 12.6. The standard InChI is InChI=1S/C22H28N2O3/c1-3-26-19-11-9-18(10-12-19)21(25)17-23-13-15-24(16-14-23)20-7-5-6-8-22(20)27-4-2/h5-12H,3-4,13-17H2,1-2H3. The van der Waals surface area contributed by atoms with Crippen LogP contribution in [-0.2, 0) is 0 Å². The molecule has 5 heteroatoms. The highest BCUT2D eigenvalue weighted by Gasteiger charge is 2.21. The minimum atomic E-state index is 0.154. The van der Waals surface area contributed by atoms with Gasteiger partial charge in [-0.15, -0.1) is 0 Å². The van der Waals surface area contributed by atoms with Gasteiger partial charge in [0.1, 0.15) is 11.5 Å². The number of piperazine rings is 1. The van der Waals surface area contributed by atoms with Gasteiger partial charge in [-0.05, 0) is 50.2 Å². The number of carbonyl (C=O) groups excluding carboxylic acids is 1. The van der Waals surface area contributed by atoms with Gasteiger partial charge in [0.2, 0.25) is 0 Å². The maximum Gasteiger partial charge on any atom is 0.176 e. The quantitative estimate of drug-likeness (QED) is 0.667. The summed E-state index contributed by atoms with van der Waals surface area (Å²) in [4.78, 5) is 17.1. The normalized spacial score (nSPS) is 14.8. The molecule has 0 aliphatic carbocycles. The van der Waals surface area contributed by atoms with E-state index in [1.807, 2.05) is 56.3 Å². The highest BCUT2D eigenvalue weighted by atomic mass is 16.5. The summed E-state index contributed by atoms with van der Waals surface area (Å²) in [6, 6.07) is 15.6. The molecule has 1 fully saturated rings. The molecular weight excluding hydrogens is 340 g/mol. The van der Waals surface area contributed by atoms with Gasteiger partial charge in [0.05, 0.1) is 25.4 Å². The Morgan fingerprint density at radius 3 is 2.22 bits per heavy atom. The fraction of sp³-hybridized carbons (Fsp3) is 0.409. The van der Waals surface area contributed by atoms with Crippen molar-refractivity contribution < 1.29 is 14.3 Å². The third-order valence-corrected chi connectivity index (χ3v) is 4.73. The Morgan fingerprint density at radius 2 is 1.56 bits per heavy atom. The van der Waals surface area contributed by atoms with E-state index in [2.05, 4.69) is 15.9 Å². The van der Waals surface area contributed by atoms with Crippen molar-refractivity contribution in [1.82, 2.24) is 4.90 Å². The molecule has 1 saturated heterocycles. The highest BCUT2D eigenvalue weighted by Crippen LogP contribution is 2.28. The molecule has 0 amide bonds. The number of hydrogen-bond donors (Lipinski definition) is 0. The monoisotopic (exact) mass is 368 g/mol. The van der Waals surface area contributed by atoms with E-state index in [-0.39, 0.29) is 5.78 Å². The van der Waals surface area contributed by atoms with Crippen molar-refractivity contribution in [3.8, 4) is 11.5 Å². The number of Topliss-reactive ketones (excluding diaryl/α,β-unsaturated/α-hetero) is 1. The van der Waals surface area contributed by atoms with Crippen molar-refractivity contribution >= 4 is 11.5 Å². The van der Waals surface area contributed by atoms with Crippen LogP contribution >= 0.6 is 0 Å². The summed E-state index contributed by atoms with van der Waals surface area (Å²) in [5.41, 5.74) is 1.87. The van der Waals surface area contributed by atoms with Crippen LogP contribution < -0.4 is 14.4 Å². The van der Waals surface area contributed by atoms with Crippen LogP contribution in [0.3, 0.4) is 0 Å². The van der Waals surface area contributed by atoms with Gasteiger partial charge in [-0.3, -0.25) is 9.69 Å². The van der Waals surface area contributed by atoms with E-state index in [1.165, 1.54) is 0 Å². The van der Waals surface area contributed by atoms with Crippen molar-refractivity contribution in [2.45, 2.75) is 13.8 Å². The largest absolute Gasteiger partial charge is 0.494 e. The number of nitrogens with zero attached hydrogens (tertiary/aromatic N) is 2. The number of benzene rings is 2. The third-order valence-electron chi connectivity index (χ3n) is 4.73. The van der Waals surface area contributed by atoms with Crippen LogP contribution in [-0.4, -0.2) is 56.6 Å². The second-order valence-corrected chi connectivity index (χ2v) is 6.54. The van der Waals surface area contributed by atoms with Gasteiger partial charge in [-0.2, -0.15) is 0 Å². The highest BCUT2D eigenvalue weighted by molar-refractivity contribution is 5.97. The Kier molecular flexibility index (Phi) is 6.71. The minimum absolute atomic E-state index is 0.154. The lowest BCUT2D eigenvalue weighted by molar-refractivity contribution is 0.0926. The summed E-state index contributed by atoms with van der Waals surface area (Å²) < 4.78 is 11.2. The first-order chi connectivity index (χ1) is 13.2. The molecule has 1 aliphatic rings. The van der Waals surface area contributed by atoms with Gasteiger partial charge in [0.15, 0.2) is 5.78 Å². The summed E-state index contributed by atoms with van der Waals surface area (Å²) in [7, 11) is 0. The average Bonchev–Trinajstić information content (AvgIpc) is 2.70. The van der Waals surface area contributed by atoms with Crippen molar-refractivity contribution in [3.63, 3.8) is 0 Å². The molecule has 0 radical (unpaired) electrons. The molecule has 27 heavy (non-hydrogen) atoms. The Hall–Kier alpha value is -2.53. The lowest BCUT2D eigenvalue weighted by atomic mass is 10.1. The summed E-state index contributed by atoms with van der Waals surface area (Å²) in [5.74, 6) is 1.88. The Morgan fingerprint density at radius 1 is 0.889 bits per heavy atom. The molecule has 144 valence electrons. The SMILES string of the molecule is CCOc1ccc(C(=O)CN2CCN(c3ccccc3OCC)CC2)cc1. The Bertz CT molecular complexity index is 737. The fourth-order valence-electron chi connectivity index (χ4n) is 3.34. The predicted molar refractivity (Wildman–Crippen MR) is 108 cm³/mol. The smallest absolute Gasteiger partial charge is 0.176 e. The van der Waals surface area contributed by atoms with E-state index in [0.29, 0.717) is 19.8 Å². The summed E-state index contributed by atoms with van der Waals surface area (Å²) in [6.07, 6.45) is 0. The number of carbonyl (C=O) groups is 1. The zero-order valence-corrected chi connectivity index (χ0v) is 16.2. The van der Waals surface area contributed by atoms with Crippen LogP contribution in [0.5, 0.6) is 11.5 Å². The topological polar surface area (TPSA) is 42.0 Å². The first-order valence-electron chi connectivity index (χ1n) is 9.66. The van der Waals surface area contributed by atoms with Crippen LogP contribution in [0.25, 0.3) is 0 Å². The number of ketones is 1. The van der Waals surface area contributed by atoms with Crippen LogP contribution in [0.1, 0.15) is 24.2 Å². The van der Waals surface area contributed by atoms with Crippen molar-refractivity contribution in [1.29, 1.82) is 0 Å². The molecule has 0 aromatic heterocycles. The van der Waals surface area contributed by atoms with Crippen LogP contribution in [0, 0.1) is 0 Å². The first kappa shape index (κ1) is 19.2. The molecule has 0 unspecified atom stereocenters. The Balaban J connectivity index is 1.54. The lowest BCUT2D eigenvalue weighted by Gasteiger charge is -2.36. The van der Waals surface area contributed by atoms with Crippen molar-refractivity contribution in [3.05, 3.63) is 54.1 Å². The summed E-state index contributed by atoms with van der Waals surface area (Å²) in [5, 5.41) is 0. The van der Waals surface area contributed by atoms with E-state index in [4.69, 9.17) is 9.47 Å². The zero-order chi connectivity index (χ0) is 19.1. The summed E-state index contributed by atoms with van der Waals surface area (Å²) >= 11 is 0. The molecule has 0 atom stereocenters. The van der Waals surface area contributed by atoms with E-state index in [9.17, 15) is 4.79 Å². The number of ether oxygens (including phenoxy) is 2. The van der Waals surface area contributed by atoms with Crippen molar-refractivity contribution in [2.75, 3.05) is 50.8 Å². The van der Waals surface area contributed by atoms with Crippen LogP contribution in [0.15, 0.2) is 48.5 Å². The molecule has 0 spiro atoms. The molecule has 0 bridgehead atoms. The maximum absolute atomic E-state index is 12.6. The average molecular weight is 368 g/mol. The Labute approximate surface area is 161 Å². The first-order valence-corrected chi connectivity index (χ1v) is 9.66. The van der Waals surface area contributed by atoms with Gasteiger partial charge >= 0.3 is 0 Å². The number of anilines is 1. The fourth-order valence-corrected chi connectivity index (χ4v) is 3.34. The molecular formula is C22H28N2O3. The molecule has 1 heterocycles. The van der Waals surface area contributed by atoms with Crippen LogP contribution in [0.4, 0.5) is 5.69 Å². The summed E-state index contributed by atoms with van der Waals surface area (Å²) in [6.45, 7) is 9.20. The second-order valence-electron chi connectivity index (χ2n) is 6.54. The molecule has 3 rings (SSSR count). The van der Waals surface area contributed by atoms with E-state index < -0.39 is 0 Å². The van der Waals surface area contributed by atoms with Gasteiger partial charge < -0.3 is 14.4 Å². The van der Waals surface area contributed by atoms with E-state index in [1.54, 1.807) is 0 Å². The van der Waals surface area contributed by atoms with Crippen molar-refractivity contribution in [2.24, 2.45) is 0 Å². The zero-order valence-electron chi connectivity index (χ0n) is 16.2. The predicted octanol–water partition coefficient (Wildman–Crippen LogP) is 3.49. The van der Waals surface area contributed by atoms with Gasteiger partial charge in [-0.25, -0.2) is 0 Å². The van der Waals surface area contributed by atoms with Gasteiger partial charge in [-0.1, -0.05) is 12.1 Å². The minimum Gasteiger partial charge on any atom is -0.494 e. The molecule has 1 aliphatic heterocycles. The molecule has 2 aromatic carbocycles. The molecule has 5 nitrogen and oxygen atoms in total. The van der Waals surface area contributed by atoms with Gasteiger partial charge in [0.25, 0.3) is 0 Å². The van der Waals surface area contributed by atoms with Gasteiger partial charge in [0, 0.05) is 31.7 Å². The number of para-hydroxylation sites is 2. The third kappa shape index (κ3) is 5.01. The van der Waals surface area contributed by atoms with E-state index in [0.717, 1.165) is 48.9 Å². The lowest BCUT2D eigenvalue weighted by Crippen LogP contribution is -2.48. The van der Waals surface area contributed by atoms with Crippen LogP contribution in [0.2, 0.25) is 0 Å². The van der Waals surface area contributed by atoms with E-state index >= 15 is 0 Å². The molecule has 2 aromatic rings.